The molecule has 0 unspecified atom stereocenters. The van der Waals surface area contributed by atoms with Crippen LogP contribution in [0, 0.1) is 0 Å². The van der Waals surface area contributed by atoms with Gasteiger partial charge in [0.1, 0.15) is 4.32 Å². The molecule has 0 saturated heterocycles. The first-order valence-corrected chi connectivity index (χ1v) is 4.60. The highest BCUT2D eigenvalue weighted by Crippen LogP contribution is 2.00. The molecule has 0 aromatic heterocycles. The molecule has 1 N–H and O–H groups in total. The zero-order valence-corrected chi connectivity index (χ0v) is 7.98. The number of nitrogens with one attached hydrogen (secondary N) is 1. The monoisotopic (exact) mass is 179 g/mol. The highest BCUT2D eigenvalue weighted by Gasteiger charge is 1.92. The highest BCUT2D eigenvalue weighted by atomic mass is 32.2. The smallest absolute Gasteiger partial charge is 0.133 e. The third-order valence-corrected chi connectivity index (χ3v) is 2.12. The predicted molar refractivity (Wildman–Crippen MR) is 50.6 cm³/mol. The normalized spacial score (nSPS) is 9.40. The fraction of sp³-hybridized carbons (Fsp3) is 0.833. The number of rotatable bonds is 4. The largest absolute Gasteiger partial charge is 0.384 e. The van der Waals surface area contributed by atoms with Crippen molar-refractivity contribution < 1.29 is 4.74 Å². The molecule has 0 fully saturated rings. The standard InChI is InChI=1S/C6H13NOS2/c1-3-7-6(9)10-5-4-8-2/h3-5H2,1-2H3,(H,7,9). The fourth-order valence-corrected chi connectivity index (χ4v) is 1.49. The quantitative estimate of drug-likeness (QED) is 0.518. The molecule has 2 nitrogen and oxygen atoms in total. The van der Waals surface area contributed by atoms with Gasteiger partial charge < -0.3 is 10.1 Å². The van der Waals surface area contributed by atoms with Crippen molar-refractivity contribution in [3.05, 3.63) is 0 Å². The summed E-state index contributed by atoms with van der Waals surface area (Å²) in [5.41, 5.74) is 0. The number of thioether (sulfide) groups is 1. The molecule has 0 aliphatic heterocycles. The van der Waals surface area contributed by atoms with Crippen molar-refractivity contribution in [3.8, 4) is 0 Å². The van der Waals surface area contributed by atoms with Gasteiger partial charge in [0.15, 0.2) is 0 Å². The Kier molecular flexibility index (Phi) is 7.45. The summed E-state index contributed by atoms with van der Waals surface area (Å²) in [5, 5.41) is 3.04. The van der Waals surface area contributed by atoms with E-state index in [1.54, 1.807) is 18.9 Å². The highest BCUT2D eigenvalue weighted by molar-refractivity contribution is 8.22. The lowest BCUT2D eigenvalue weighted by Crippen LogP contribution is -2.17. The van der Waals surface area contributed by atoms with Crippen LogP contribution in [0.15, 0.2) is 0 Å². The molecule has 0 aromatic rings. The van der Waals surface area contributed by atoms with Gasteiger partial charge in [-0.2, -0.15) is 0 Å². The fourth-order valence-electron chi connectivity index (χ4n) is 0.413. The molecule has 0 rings (SSSR count). The van der Waals surface area contributed by atoms with Crippen LogP contribution in [0.2, 0.25) is 0 Å². The lowest BCUT2D eigenvalue weighted by atomic mass is 10.8. The minimum atomic E-state index is 0.760. The maximum absolute atomic E-state index is 4.96. The Balaban J connectivity index is 3.05. The van der Waals surface area contributed by atoms with Crippen molar-refractivity contribution in [2.45, 2.75) is 6.92 Å². The molecule has 60 valence electrons. The van der Waals surface area contributed by atoms with Crippen molar-refractivity contribution in [1.82, 2.24) is 5.32 Å². The predicted octanol–water partition coefficient (Wildman–Crippen LogP) is 1.26. The van der Waals surface area contributed by atoms with Gasteiger partial charge in [0.25, 0.3) is 0 Å². The maximum Gasteiger partial charge on any atom is 0.133 e. The second kappa shape index (κ2) is 7.31. The average Bonchev–Trinajstić information content (AvgIpc) is 1.89. The van der Waals surface area contributed by atoms with Crippen molar-refractivity contribution in [2.75, 3.05) is 26.0 Å². The summed E-state index contributed by atoms with van der Waals surface area (Å²) in [4.78, 5) is 0. The first-order chi connectivity index (χ1) is 4.81. The molecule has 4 heteroatoms. The zero-order valence-electron chi connectivity index (χ0n) is 6.35. The first kappa shape index (κ1) is 10.2. The molecule has 0 amide bonds. The third-order valence-electron chi connectivity index (χ3n) is 0.842. The first-order valence-electron chi connectivity index (χ1n) is 3.20. The molecule has 10 heavy (non-hydrogen) atoms. The second-order valence-electron chi connectivity index (χ2n) is 1.66. The lowest BCUT2D eigenvalue weighted by molar-refractivity contribution is 0.219. The van der Waals surface area contributed by atoms with Gasteiger partial charge in [-0.3, -0.25) is 0 Å². The Morgan fingerprint density at radius 1 is 1.70 bits per heavy atom. The van der Waals surface area contributed by atoms with Crippen molar-refractivity contribution >= 4 is 28.3 Å². The van der Waals surface area contributed by atoms with Crippen LogP contribution >= 0.6 is 24.0 Å². The van der Waals surface area contributed by atoms with E-state index in [0.717, 1.165) is 23.2 Å². The van der Waals surface area contributed by atoms with E-state index in [2.05, 4.69) is 5.32 Å². The van der Waals surface area contributed by atoms with E-state index in [9.17, 15) is 0 Å². The molecule has 0 atom stereocenters. The number of hydrogen-bond donors (Lipinski definition) is 1. The Morgan fingerprint density at radius 3 is 2.90 bits per heavy atom. The van der Waals surface area contributed by atoms with Crippen LogP contribution in [0.3, 0.4) is 0 Å². The topological polar surface area (TPSA) is 21.3 Å². The van der Waals surface area contributed by atoms with Gasteiger partial charge in [0.05, 0.1) is 6.61 Å². The molecule has 0 spiro atoms. The van der Waals surface area contributed by atoms with Crippen LogP contribution in [-0.2, 0) is 4.74 Å². The minimum Gasteiger partial charge on any atom is -0.384 e. The van der Waals surface area contributed by atoms with E-state index in [0.29, 0.717) is 0 Å². The van der Waals surface area contributed by atoms with E-state index in [1.165, 1.54) is 0 Å². The summed E-state index contributed by atoms with van der Waals surface area (Å²) in [7, 11) is 1.69. The molecule has 0 radical (unpaired) electrons. The van der Waals surface area contributed by atoms with E-state index in [-0.39, 0.29) is 0 Å². The van der Waals surface area contributed by atoms with Gasteiger partial charge in [0, 0.05) is 19.4 Å². The zero-order chi connectivity index (χ0) is 7.82. The van der Waals surface area contributed by atoms with Crippen LogP contribution in [-0.4, -0.2) is 30.3 Å². The molecule has 0 aliphatic carbocycles. The summed E-state index contributed by atoms with van der Waals surface area (Å²) < 4.78 is 5.72. The van der Waals surface area contributed by atoms with Crippen molar-refractivity contribution in [3.63, 3.8) is 0 Å². The van der Waals surface area contributed by atoms with Crippen LogP contribution in [0.25, 0.3) is 0 Å². The maximum atomic E-state index is 4.96. The van der Waals surface area contributed by atoms with Gasteiger partial charge in [-0.15, -0.1) is 0 Å². The average molecular weight is 179 g/mol. The minimum absolute atomic E-state index is 0.760. The Labute approximate surface area is 71.7 Å². The van der Waals surface area contributed by atoms with Crippen molar-refractivity contribution in [2.24, 2.45) is 0 Å². The van der Waals surface area contributed by atoms with E-state index in [4.69, 9.17) is 17.0 Å². The SMILES string of the molecule is CCNC(=S)SCCOC. The molecular formula is C6H13NOS2. The number of thiocarbonyl (C=S) groups is 1. The van der Waals surface area contributed by atoms with E-state index in [1.807, 2.05) is 6.92 Å². The Bertz CT molecular complexity index is 97.7. The molecule has 0 aromatic carbocycles. The van der Waals surface area contributed by atoms with Gasteiger partial charge in [-0.1, -0.05) is 24.0 Å². The van der Waals surface area contributed by atoms with Crippen LogP contribution in [0.4, 0.5) is 0 Å². The third kappa shape index (κ3) is 6.32. The number of ether oxygens (including phenoxy) is 1. The molecule has 0 aliphatic rings. The summed E-state index contributed by atoms with van der Waals surface area (Å²) in [5.74, 6) is 0.933. The van der Waals surface area contributed by atoms with Crippen LogP contribution < -0.4 is 5.32 Å². The second-order valence-corrected chi connectivity index (χ2v) is 3.43. The van der Waals surface area contributed by atoms with Crippen LogP contribution in [0.1, 0.15) is 6.92 Å². The van der Waals surface area contributed by atoms with Crippen molar-refractivity contribution in [1.29, 1.82) is 0 Å². The summed E-state index contributed by atoms with van der Waals surface area (Å²) in [6, 6.07) is 0. The van der Waals surface area contributed by atoms with Gasteiger partial charge in [-0.05, 0) is 6.92 Å². The van der Waals surface area contributed by atoms with Crippen LogP contribution in [0.5, 0.6) is 0 Å². The van der Waals surface area contributed by atoms with Gasteiger partial charge in [0.2, 0.25) is 0 Å². The lowest BCUT2D eigenvalue weighted by Gasteiger charge is -2.02. The van der Waals surface area contributed by atoms with Gasteiger partial charge >= 0.3 is 0 Å². The van der Waals surface area contributed by atoms with E-state index >= 15 is 0 Å². The molecular weight excluding hydrogens is 166 g/mol. The summed E-state index contributed by atoms with van der Waals surface area (Å²) in [6.07, 6.45) is 0. The molecule has 0 heterocycles. The number of methoxy groups -OCH3 is 1. The van der Waals surface area contributed by atoms with Gasteiger partial charge in [-0.25, -0.2) is 0 Å². The molecule has 0 saturated carbocycles. The molecule has 0 bridgehead atoms. The summed E-state index contributed by atoms with van der Waals surface area (Å²) in [6.45, 7) is 3.69. The Hall–Kier alpha value is 0.200. The van der Waals surface area contributed by atoms with E-state index < -0.39 is 0 Å². The summed E-state index contributed by atoms with van der Waals surface area (Å²) >= 11 is 6.58. The number of hydrogen-bond acceptors (Lipinski definition) is 3. The Morgan fingerprint density at radius 2 is 2.40 bits per heavy atom.